The first kappa shape index (κ1) is 15.5. The first-order chi connectivity index (χ1) is 9.87. The summed E-state index contributed by atoms with van der Waals surface area (Å²) < 4.78 is 5.37. The molecule has 0 N–H and O–H groups in total. The van der Waals surface area contributed by atoms with Gasteiger partial charge in [-0.3, -0.25) is 14.7 Å². The molecule has 0 spiro atoms. The van der Waals surface area contributed by atoms with Crippen molar-refractivity contribution in [3.8, 4) is 0 Å². The fourth-order valence-electron chi connectivity index (χ4n) is 2.44. The van der Waals surface area contributed by atoms with Crippen LogP contribution in [0.5, 0.6) is 0 Å². The highest BCUT2D eigenvalue weighted by atomic mass is 16.6. The Bertz CT molecular complexity index is 508. The number of carbonyl (C=O) groups excluding carboxylic acids is 2. The average molecular weight is 290 g/mol. The van der Waals surface area contributed by atoms with Crippen LogP contribution < -0.4 is 0 Å². The highest BCUT2D eigenvalue weighted by Gasteiger charge is 2.36. The number of hydrogen-bond acceptors (Lipinski definition) is 4. The first-order valence-corrected chi connectivity index (χ1v) is 7.29. The van der Waals surface area contributed by atoms with Crippen molar-refractivity contribution in [3.63, 3.8) is 0 Å². The SMILES string of the molecule is CC(C)(C)OC(=O)N1CCC[C@@H]1C(=O)Cc1ccccn1. The maximum atomic E-state index is 12.4. The van der Waals surface area contributed by atoms with Gasteiger partial charge in [-0.25, -0.2) is 4.79 Å². The molecule has 1 amide bonds. The molecule has 0 unspecified atom stereocenters. The number of likely N-dealkylation sites (tertiary alicyclic amines) is 1. The van der Waals surface area contributed by atoms with Crippen molar-refractivity contribution in [2.24, 2.45) is 0 Å². The Morgan fingerprint density at radius 2 is 2.14 bits per heavy atom. The van der Waals surface area contributed by atoms with Gasteiger partial charge in [-0.15, -0.1) is 0 Å². The minimum absolute atomic E-state index is 0.0251. The Morgan fingerprint density at radius 3 is 2.76 bits per heavy atom. The van der Waals surface area contributed by atoms with Crippen LogP contribution in [0.3, 0.4) is 0 Å². The predicted octanol–water partition coefficient (Wildman–Crippen LogP) is 2.59. The number of rotatable bonds is 3. The molecule has 1 aliphatic rings. The van der Waals surface area contributed by atoms with Gasteiger partial charge in [0.05, 0.1) is 12.5 Å². The smallest absolute Gasteiger partial charge is 0.410 e. The fraction of sp³-hybridized carbons (Fsp3) is 0.562. The van der Waals surface area contributed by atoms with Crippen LogP contribution >= 0.6 is 0 Å². The summed E-state index contributed by atoms with van der Waals surface area (Å²) in [6, 6.07) is 5.11. The van der Waals surface area contributed by atoms with Gasteiger partial charge in [0.25, 0.3) is 0 Å². The summed E-state index contributed by atoms with van der Waals surface area (Å²) in [5.41, 5.74) is 0.187. The Kier molecular flexibility index (Phi) is 4.60. The second-order valence-corrected chi connectivity index (χ2v) is 6.30. The summed E-state index contributed by atoms with van der Waals surface area (Å²) in [6.45, 7) is 6.05. The second kappa shape index (κ2) is 6.24. The molecular weight excluding hydrogens is 268 g/mol. The molecule has 114 valence electrons. The van der Waals surface area contributed by atoms with Crippen LogP contribution in [0.25, 0.3) is 0 Å². The van der Waals surface area contributed by atoms with Gasteiger partial charge in [-0.1, -0.05) is 6.07 Å². The summed E-state index contributed by atoms with van der Waals surface area (Å²) in [7, 11) is 0. The number of hydrogen-bond donors (Lipinski definition) is 0. The van der Waals surface area contributed by atoms with E-state index in [1.807, 2.05) is 39.0 Å². The van der Waals surface area contributed by atoms with Crippen molar-refractivity contribution < 1.29 is 14.3 Å². The molecule has 0 radical (unpaired) electrons. The van der Waals surface area contributed by atoms with Crippen molar-refractivity contribution in [1.29, 1.82) is 0 Å². The molecule has 2 rings (SSSR count). The summed E-state index contributed by atoms with van der Waals surface area (Å²) in [5.74, 6) is 0.0251. The van der Waals surface area contributed by atoms with E-state index in [1.54, 1.807) is 11.1 Å². The molecule has 0 bridgehead atoms. The van der Waals surface area contributed by atoms with Gasteiger partial charge >= 0.3 is 6.09 Å². The molecule has 1 atom stereocenters. The Labute approximate surface area is 125 Å². The van der Waals surface area contributed by atoms with Crippen LogP contribution in [0.15, 0.2) is 24.4 Å². The molecular formula is C16H22N2O3. The third-order valence-corrected chi connectivity index (χ3v) is 3.33. The Hall–Kier alpha value is -1.91. The van der Waals surface area contributed by atoms with E-state index in [0.717, 1.165) is 12.1 Å². The van der Waals surface area contributed by atoms with Gasteiger partial charge in [0.2, 0.25) is 0 Å². The molecule has 1 aromatic heterocycles. The fourth-order valence-corrected chi connectivity index (χ4v) is 2.44. The molecule has 5 nitrogen and oxygen atoms in total. The summed E-state index contributed by atoms with van der Waals surface area (Å²) in [6.07, 6.45) is 3.05. The van der Waals surface area contributed by atoms with Gasteiger partial charge in [0.1, 0.15) is 5.60 Å². The van der Waals surface area contributed by atoms with Crippen LogP contribution in [0.4, 0.5) is 4.79 Å². The highest BCUT2D eigenvalue weighted by molar-refractivity contribution is 5.89. The Morgan fingerprint density at radius 1 is 1.38 bits per heavy atom. The number of ketones is 1. The normalized spacial score (nSPS) is 18.6. The summed E-state index contributed by atoms with van der Waals surface area (Å²) in [5, 5.41) is 0. The van der Waals surface area contributed by atoms with Crippen molar-refractivity contribution >= 4 is 11.9 Å². The lowest BCUT2D eigenvalue weighted by Gasteiger charge is -2.27. The van der Waals surface area contributed by atoms with E-state index in [4.69, 9.17) is 4.74 Å². The zero-order valence-electron chi connectivity index (χ0n) is 12.8. The van der Waals surface area contributed by atoms with Crippen LogP contribution in [0.2, 0.25) is 0 Å². The van der Waals surface area contributed by atoms with Crippen LogP contribution in [-0.4, -0.2) is 39.9 Å². The van der Waals surface area contributed by atoms with Crippen molar-refractivity contribution in [3.05, 3.63) is 30.1 Å². The van der Waals surface area contributed by atoms with E-state index in [2.05, 4.69) is 4.98 Å². The van der Waals surface area contributed by atoms with Gasteiger partial charge < -0.3 is 4.74 Å². The highest BCUT2D eigenvalue weighted by Crippen LogP contribution is 2.22. The lowest BCUT2D eigenvalue weighted by molar-refractivity contribution is -0.122. The number of ether oxygens (including phenoxy) is 1. The van der Waals surface area contributed by atoms with Crippen molar-refractivity contribution in [2.75, 3.05) is 6.54 Å². The second-order valence-electron chi connectivity index (χ2n) is 6.30. The molecule has 1 saturated heterocycles. The van der Waals surface area contributed by atoms with E-state index in [1.165, 1.54) is 0 Å². The molecule has 2 heterocycles. The van der Waals surface area contributed by atoms with E-state index in [0.29, 0.717) is 13.0 Å². The van der Waals surface area contributed by atoms with E-state index in [-0.39, 0.29) is 18.2 Å². The molecule has 1 fully saturated rings. The molecule has 0 aromatic carbocycles. The minimum Gasteiger partial charge on any atom is -0.444 e. The molecule has 0 aliphatic carbocycles. The molecule has 1 aromatic rings. The number of Topliss-reactive ketones (excluding diaryl/α,β-unsaturated/α-hetero) is 1. The van der Waals surface area contributed by atoms with E-state index < -0.39 is 11.7 Å². The zero-order valence-corrected chi connectivity index (χ0v) is 12.8. The van der Waals surface area contributed by atoms with Gasteiger partial charge in [-0.2, -0.15) is 0 Å². The number of amides is 1. The first-order valence-electron chi connectivity index (χ1n) is 7.29. The van der Waals surface area contributed by atoms with Gasteiger partial charge in [0.15, 0.2) is 5.78 Å². The standard InChI is InChI=1S/C16H22N2O3/c1-16(2,3)21-15(20)18-10-6-8-13(18)14(19)11-12-7-4-5-9-17-12/h4-5,7,9,13H,6,8,10-11H2,1-3H3/t13-/m1/s1. The number of carbonyl (C=O) groups is 2. The molecule has 1 aliphatic heterocycles. The topological polar surface area (TPSA) is 59.5 Å². The van der Waals surface area contributed by atoms with Crippen molar-refractivity contribution in [2.45, 2.75) is 51.7 Å². The van der Waals surface area contributed by atoms with Gasteiger partial charge in [-0.05, 0) is 45.7 Å². The third kappa shape index (κ3) is 4.28. The largest absolute Gasteiger partial charge is 0.444 e. The summed E-state index contributed by atoms with van der Waals surface area (Å²) in [4.78, 5) is 30.3. The maximum absolute atomic E-state index is 12.4. The van der Waals surface area contributed by atoms with Gasteiger partial charge in [0, 0.05) is 18.4 Å². The van der Waals surface area contributed by atoms with Crippen LogP contribution in [-0.2, 0) is 16.0 Å². The summed E-state index contributed by atoms with van der Waals surface area (Å²) >= 11 is 0. The van der Waals surface area contributed by atoms with Crippen LogP contribution in [0.1, 0.15) is 39.3 Å². The lowest BCUT2D eigenvalue weighted by atomic mass is 10.1. The monoisotopic (exact) mass is 290 g/mol. The van der Waals surface area contributed by atoms with Crippen molar-refractivity contribution in [1.82, 2.24) is 9.88 Å². The zero-order chi connectivity index (χ0) is 15.5. The predicted molar refractivity (Wildman–Crippen MR) is 78.9 cm³/mol. The molecule has 0 saturated carbocycles. The maximum Gasteiger partial charge on any atom is 0.410 e. The average Bonchev–Trinajstić information content (AvgIpc) is 2.87. The molecule has 21 heavy (non-hydrogen) atoms. The van der Waals surface area contributed by atoms with E-state index in [9.17, 15) is 9.59 Å². The number of pyridine rings is 1. The third-order valence-electron chi connectivity index (χ3n) is 3.33. The quantitative estimate of drug-likeness (QED) is 0.858. The van der Waals surface area contributed by atoms with Crippen LogP contribution in [0, 0.1) is 0 Å². The number of nitrogens with zero attached hydrogens (tertiary/aromatic N) is 2. The molecule has 5 heteroatoms. The Balaban J connectivity index is 2.01. The lowest BCUT2D eigenvalue weighted by Crippen LogP contribution is -2.43. The minimum atomic E-state index is -0.547. The van der Waals surface area contributed by atoms with E-state index >= 15 is 0 Å². The number of aromatic nitrogens is 1.